The molecule has 4 heteroatoms. The van der Waals surface area contributed by atoms with Crippen LogP contribution in [0.25, 0.3) is 0 Å². The van der Waals surface area contributed by atoms with E-state index >= 15 is 0 Å². The Morgan fingerprint density at radius 3 is 2.27 bits per heavy atom. The lowest BCUT2D eigenvalue weighted by atomic mass is 9.88. The van der Waals surface area contributed by atoms with Crippen LogP contribution in [0.4, 0.5) is 0 Å². The van der Waals surface area contributed by atoms with Gasteiger partial charge in [-0.25, -0.2) is 0 Å². The van der Waals surface area contributed by atoms with E-state index in [2.05, 4.69) is 5.32 Å². The van der Waals surface area contributed by atoms with Gasteiger partial charge in [-0.3, -0.25) is 0 Å². The zero-order valence-electron chi connectivity index (χ0n) is 9.45. The molecule has 0 aromatic carbocycles. The molecule has 15 heavy (non-hydrogen) atoms. The summed E-state index contributed by atoms with van der Waals surface area (Å²) in [6, 6.07) is 0.0120. The summed E-state index contributed by atoms with van der Waals surface area (Å²) in [6.07, 6.45) is 4.21. The van der Waals surface area contributed by atoms with Crippen molar-refractivity contribution in [2.24, 2.45) is 0 Å². The highest BCUT2D eigenvalue weighted by Gasteiger charge is 2.33. The number of hydrogen-bond donors (Lipinski definition) is 4. The van der Waals surface area contributed by atoms with E-state index < -0.39 is 5.54 Å². The van der Waals surface area contributed by atoms with Crippen molar-refractivity contribution in [3.63, 3.8) is 0 Å². The molecule has 1 saturated carbocycles. The third-order valence-corrected chi connectivity index (χ3v) is 3.50. The summed E-state index contributed by atoms with van der Waals surface area (Å²) in [4.78, 5) is 0. The summed E-state index contributed by atoms with van der Waals surface area (Å²) in [5, 5.41) is 31.6. The van der Waals surface area contributed by atoms with Crippen LogP contribution < -0.4 is 5.32 Å². The molecule has 4 nitrogen and oxygen atoms in total. The van der Waals surface area contributed by atoms with Crippen LogP contribution in [0.5, 0.6) is 0 Å². The smallest absolute Gasteiger partial charge is 0.0693 e. The molecule has 1 rings (SSSR count). The maximum absolute atomic E-state index is 9.79. The molecule has 1 fully saturated rings. The lowest BCUT2D eigenvalue weighted by molar-refractivity contribution is 0.0294. The fourth-order valence-corrected chi connectivity index (χ4v) is 2.14. The van der Waals surface area contributed by atoms with Gasteiger partial charge in [0, 0.05) is 6.04 Å². The van der Waals surface area contributed by atoms with Gasteiger partial charge in [-0.05, 0) is 19.3 Å². The van der Waals surface area contributed by atoms with E-state index in [4.69, 9.17) is 0 Å². The third-order valence-electron chi connectivity index (χ3n) is 3.50. The molecule has 0 saturated heterocycles. The number of aliphatic hydroxyl groups is 3. The fourth-order valence-electron chi connectivity index (χ4n) is 2.14. The third kappa shape index (κ3) is 3.14. The van der Waals surface area contributed by atoms with Gasteiger partial charge in [0.15, 0.2) is 0 Å². The first-order valence-electron chi connectivity index (χ1n) is 5.85. The van der Waals surface area contributed by atoms with Crippen LogP contribution in [0, 0.1) is 0 Å². The van der Waals surface area contributed by atoms with Gasteiger partial charge >= 0.3 is 0 Å². The lowest BCUT2D eigenvalue weighted by Gasteiger charge is -2.38. The number of aliphatic hydroxyl groups excluding tert-OH is 3. The molecule has 0 amide bonds. The summed E-state index contributed by atoms with van der Waals surface area (Å²) in [6.45, 7) is 1.74. The van der Waals surface area contributed by atoms with E-state index in [0.717, 1.165) is 25.7 Å². The maximum Gasteiger partial charge on any atom is 0.0693 e. The van der Waals surface area contributed by atoms with Crippen molar-refractivity contribution < 1.29 is 15.3 Å². The van der Waals surface area contributed by atoms with Crippen LogP contribution in [-0.4, -0.2) is 46.2 Å². The quantitative estimate of drug-likeness (QED) is 0.523. The van der Waals surface area contributed by atoms with Gasteiger partial charge in [-0.1, -0.05) is 19.8 Å². The summed E-state index contributed by atoms with van der Waals surface area (Å²) in [5.41, 5.74) is -0.636. The van der Waals surface area contributed by atoms with Crippen molar-refractivity contribution in [1.82, 2.24) is 5.32 Å². The molecule has 0 aromatic rings. The van der Waals surface area contributed by atoms with Gasteiger partial charge in [0.05, 0.1) is 24.9 Å². The number of hydrogen-bond acceptors (Lipinski definition) is 4. The molecule has 1 aliphatic carbocycles. The molecule has 90 valence electrons. The van der Waals surface area contributed by atoms with E-state index in [0.29, 0.717) is 6.42 Å². The summed E-state index contributed by atoms with van der Waals surface area (Å²) in [7, 11) is 0. The Balaban J connectivity index is 2.56. The lowest BCUT2D eigenvalue weighted by Crippen LogP contribution is -2.59. The first-order valence-corrected chi connectivity index (χ1v) is 5.85. The van der Waals surface area contributed by atoms with Crippen molar-refractivity contribution in [3.05, 3.63) is 0 Å². The predicted octanol–water partition coefficient (Wildman–Crippen LogP) is 0.0129. The normalized spacial score (nSPS) is 28.0. The SMILES string of the molecule is CCC(CO)(CO)NC1CCCCC1O. The van der Waals surface area contributed by atoms with Crippen LogP contribution in [0.3, 0.4) is 0 Å². The predicted molar refractivity (Wildman–Crippen MR) is 58.6 cm³/mol. The Hall–Kier alpha value is -0.160. The highest BCUT2D eigenvalue weighted by atomic mass is 16.3. The summed E-state index contributed by atoms with van der Waals surface area (Å²) < 4.78 is 0. The molecule has 0 spiro atoms. The molecule has 1 aliphatic rings. The molecule has 0 bridgehead atoms. The Kier molecular flexibility index (Phi) is 4.99. The van der Waals surface area contributed by atoms with E-state index in [9.17, 15) is 15.3 Å². The van der Waals surface area contributed by atoms with Gasteiger partial charge in [-0.15, -0.1) is 0 Å². The Morgan fingerprint density at radius 2 is 1.80 bits per heavy atom. The Morgan fingerprint density at radius 1 is 1.20 bits per heavy atom. The molecule has 2 unspecified atom stereocenters. The van der Waals surface area contributed by atoms with Crippen LogP contribution in [-0.2, 0) is 0 Å². The van der Waals surface area contributed by atoms with Crippen LogP contribution in [0.1, 0.15) is 39.0 Å². The minimum atomic E-state index is -0.636. The van der Waals surface area contributed by atoms with Crippen LogP contribution in [0.2, 0.25) is 0 Å². The van der Waals surface area contributed by atoms with E-state index in [1.54, 1.807) is 0 Å². The number of rotatable bonds is 5. The zero-order valence-corrected chi connectivity index (χ0v) is 9.45. The standard InChI is InChI=1S/C11H23NO3/c1-2-11(7-13,8-14)12-9-5-3-4-6-10(9)15/h9-10,12-15H,2-8H2,1H3. The molecule has 0 aliphatic heterocycles. The first-order chi connectivity index (χ1) is 7.17. The fraction of sp³-hybridized carbons (Fsp3) is 1.00. The molecule has 0 radical (unpaired) electrons. The van der Waals surface area contributed by atoms with Crippen molar-refractivity contribution in [1.29, 1.82) is 0 Å². The minimum absolute atomic E-state index is 0.0120. The van der Waals surface area contributed by atoms with E-state index in [1.165, 1.54) is 0 Å². The topological polar surface area (TPSA) is 72.7 Å². The molecule has 2 atom stereocenters. The average molecular weight is 217 g/mol. The molecule has 4 N–H and O–H groups in total. The highest BCUT2D eigenvalue weighted by Crippen LogP contribution is 2.21. The molecule has 0 aromatic heterocycles. The van der Waals surface area contributed by atoms with Gasteiger partial charge in [0.1, 0.15) is 0 Å². The second-order valence-corrected chi connectivity index (χ2v) is 4.55. The minimum Gasteiger partial charge on any atom is -0.394 e. The molecule has 0 heterocycles. The van der Waals surface area contributed by atoms with E-state index in [1.807, 2.05) is 6.92 Å². The van der Waals surface area contributed by atoms with Gasteiger partial charge in [0.25, 0.3) is 0 Å². The van der Waals surface area contributed by atoms with Crippen LogP contribution >= 0.6 is 0 Å². The largest absolute Gasteiger partial charge is 0.394 e. The van der Waals surface area contributed by atoms with Crippen molar-refractivity contribution in [2.75, 3.05) is 13.2 Å². The summed E-state index contributed by atoms with van der Waals surface area (Å²) in [5.74, 6) is 0. The maximum atomic E-state index is 9.79. The second kappa shape index (κ2) is 5.80. The first kappa shape index (κ1) is 12.9. The van der Waals surface area contributed by atoms with Crippen molar-refractivity contribution in [3.8, 4) is 0 Å². The molecular weight excluding hydrogens is 194 g/mol. The summed E-state index contributed by atoms with van der Waals surface area (Å²) >= 11 is 0. The monoisotopic (exact) mass is 217 g/mol. The average Bonchev–Trinajstić information content (AvgIpc) is 2.29. The van der Waals surface area contributed by atoms with Crippen LogP contribution in [0.15, 0.2) is 0 Å². The van der Waals surface area contributed by atoms with Crippen molar-refractivity contribution in [2.45, 2.75) is 56.7 Å². The zero-order chi connectivity index (χ0) is 11.3. The van der Waals surface area contributed by atoms with Gasteiger partial charge < -0.3 is 20.6 Å². The van der Waals surface area contributed by atoms with Gasteiger partial charge in [0.2, 0.25) is 0 Å². The van der Waals surface area contributed by atoms with E-state index in [-0.39, 0.29) is 25.4 Å². The highest BCUT2D eigenvalue weighted by molar-refractivity contribution is 4.92. The van der Waals surface area contributed by atoms with Crippen molar-refractivity contribution >= 4 is 0 Å². The van der Waals surface area contributed by atoms with Gasteiger partial charge in [-0.2, -0.15) is 0 Å². The number of nitrogens with one attached hydrogen (secondary N) is 1. The second-order valence-electron chi connectivity index (χ2n) is 4.55. The Bertz CT molecular complexity index is 174. The molecular formula is C11H23NO3. The Labute approximate surface area is 91.3 Å².